The average Bonchev–Trinajstić information content (AvgIpc) is 2.69. The number of amides is 1. The molecule has 0 unspecified atom stereocenters. The fourth-order valence-electron chi connectivity index (χ4n) is 2.23. The number of carboxylic acid groups (broad SMARTS) is 1. The lowest BCUT2D eigenvalue weighted by atomic mass is 10.2. The third kappa shape index (κ3) is 2.96. The highest BCUT2D eigenvalue weighted by atomic mass is 16.4. The minimum atomic E-state index is -0.958. The van der Waals surface area contributed by atoms with Gasteiger partial charge in [-0.15, -0.1) is 0 Å². The van der Waals surface area contributed by atoms with Gasteiger partial charge in [-0.2, -0.15) is 0 Å². The van der Waals surface area contributed by atoms with Crippen molar-refractivity contribution >= 4 is 22.9 Å². The topological polar surface area (TPSA) is 98.2 Å². The Balaban J connectivity index is 2.19. The van der Waals surface area contributed by atoms with E-state index in [4.69, 9.17) is 10.8 Å². The molecule has 2 aromatic rings. The lowest BCUT2D eigenvalue weighted by Crippen LogP contribution is -2.10. The van der Waals surface area contributed by atoms with Gasteiger partial charge >= 0.3 is 5.97 Å². The van der Waals surface area contributed by atoms with Crippen molar-refractivity contribution in [1.29, 1.82) is 0 Å². The lowest BCUT2D eigenvalue weighted by molar-refractivity contribution is -0.118. The van der Waals surface area contributed by atoms with E-state index in [9.17, 15) is 9.59 Å². The molecule has 0 aliphatic heterocycles. The summed E-state index contributed by atoms with van der Waals surface area (Å²) in [4.78, 5) is 26.0. The third-order valence-electron chi connectivity index (χ3n) is 3.24. The Morgan fingerprint density at radius 2 is 2.10 bits per heavy atom. The van der Waals surface area contributed by atoms with Crippen LogP contribution in [0.3, 0.4) is 0 Å². The molecule has 0 atom stereocenters. The number of aromatic nitrogens is 2. The standard InChI is InChI=1S/C14H17N3O3/c1-9-16-11-8-10(14(19)20)5-6-12(11)17(9)7-3-2-4-13(15)18/h5-6,8H,2-4,7H2,1H3,(H2,15,18)(H,19,20). The molecule has 20 heavy (non-hydrogen) atoms. The number of imidazole rings is 1. The van der Waals surface area contributed by atoms with Crippen molar-refractivity contribution in [3.63, 3.8) is 0 Å². The van der Waals surface area contributed by atoms with Crippen LogP contribution in [0.4, 0.5) is 0 Å². The first-order valence-electron chi connectivity index (χ1n) is 6.47. The van der Waals surface area contributed by atoms with Gasteiger partial charge in [0.25, 0.3) is 0 Å². The molecule has 2 rings (SSSR count). The highest BCUT2D eigenvalue weighted by Crippen LogP contribution is 2.18. The number of aryl methyl sites for hydroxylation is 2. The first-order valence-corrected chi connectivity index (χ1v) is 6.47. The van der Waals surface area contributed by atoms with Gasteiger partial charge in [0.2, 0.25) is 5.91 Å². The van der Waals surface area contributed by atoms with Gasteiger partial charge in [0.15, 0.2) is 0 Å². The first kappa shape index (κ1) is 14.0. The number of carbonyl (C=O) groups excluding carboxylic acids is 1. The van der Waals surface area contributed by atoms with E-state index < -0.39 is 5.97 Å². The monoisotopic (exact) mass is 275 g/mol. The highest BCUT2D eigenvalue weighted by Gasteiger charge is 2.10. The van der Waals surface area contributed by atoms with Crippen molar-refractivity contribution in [3.05, 3.63) is 29.6 Å². The zero-order chi connectivity index (χ0) is 14.7. The maximum atomic E-state index is 10.9. The van der Waals surface area contributed by atoms with Gasteiger partial charge in [0.1, 0.15) is 5.82 Å². The quantitative estimate of drug-likeness (QED) is 0.784. The lowest BCUT2D eigenvalue weighted by Gasteiger charge is -2.06. The van der Waals surface area contributed by atoms with E-state index in [2.05, 4.69) is 4.98 Å². The predicted octanol–water partition coefficient (Wildman–Crippen LogP) is 1.70. The van der Waals surface area contributed by atoms with Gasteiger partial charge in [0, 0.05) is 13.0 Å². The average molecular weight is 275 g/mol. The molecule has 1 heterocycles. The van der Waals surface area contributed by atoms with Crippen molar-refractivity contribution in [2.75, 3.05) is 0 Å². The second-order valence-corrected chi connectivity index (χ2v) is 4.74. The molecule has 3 N–H and O–H groups in total. The SMILES string of the molecule is Cc1nc2cc(C(=O)O)ccc2n1CCCCC(N)=O. The molecule has 106 valence electrons. The number of nitrogens with two attached hydrogens (primary N) is 1. The summed E-state index contributed by atoms with van der Waals surface area (Å²) in [6.07, 6.45) is 1.95. The maximum absolute atomic E-state index is 10.9. The minimum Gasteiger partial charge on any atom is -0.478 e. The Morgan fingerprint density at radius 3 is 2.75 bits per heavy atom. The fourth-order valence-corrected chi connectivity index (χ4v) is 2.23. The number of carboxylic acids is 1. The van der Waals surface area contributed by atoms with Crippen LogP contribution in [0, 0.1) is 6.92 Å². The van der Waals surface area contributed by atoms with E-state index in [1.54, 1.807) is 18.2 Å². The third-order valence-corrected chi connectivity index (χ3v) is 3.24. The summed E-state index contributed by atoms with van der Waals surface area (Å²) >= 11 is 0. The molecular formula is C14H17N3O3. The van der Waals surface area contributed by atoms with Crippen LogP contribution in [-0.4, -0.2) is 26.5 Å². The summed E-state index contributed by atoms with van der Waals surface area (Å²) in [7, 11) is 0. The van der Waals surface area contributed by atoms with Crippen LogP contribution in [0.2, 0.25) is 0 Å². The van der Waals surface area contributed by atoms with E-state index in [0.717, 1.165) is 30.7 Å². The number of aromatic carboxylic acids is 1. The Hall–Kier alpha value is -2.37. The van der Waals surface area contributed by atoms with E-state index in [0.29, 0.717) is 11.9 Å². The number of benzene rings is 1. The number of unbranched alkanes of at least 4 members (excludes halogenated alkanes) is 1. The minimum absolute atomic E-state index is 0.232. The normalized spacial score (nSPS) is 10.8. The van der Waals surface area contributed by atoms with Gasteiger partial charge in [-0.3, -0.25) is 4.79 Å². The molecule has 0 aliphatic rings. The van der Waals surface area contributed by atoms with Crippen LogP contribution in [0.25, 0.3) is 11.0 Å². The molecule has 0 bridgehead atoms. The summed E-state index contributed by atoms with van der Waals surface area (Å²) in [6, 6.07) is 4.92. The Kier molecular flexibility index (Phi) is 4.02. The molecular weight excluding hydrogens is 258 g/mol. The number of rotatable bonds is 6. The van der Waals surface area contributed by atoms with Crippen LogP contribution in [-0.2, 0) is 11.3 Å². The zero-order valence-electron chi connectivity index (χ0n) is 11.3. The summed E-state index contributed by atoms with van der Waals surface area (Å²) < 4.78 is 2.03. The van der Waals surface area contributed by atoms with Crippen molar-refractivity contribution in [2.45, 2.75) is 32.7 Å². The summed E-state index contributed by atoms with van der Waals surface area (Å²) in [5, 5.41) is 8.97. The van der Waals surface area contributed by atoms with Gasteiger partial charge < -0.3 is 15.4 Å². The van der Waals surface area contributed by atoms with E-state index in [-0.39, 0.29) is 11.5 Å². The van der Waals surface area contributed by atoms with Crippen LogP contribution in [0.5, 0.6) is 0 Å². The van der Waals surface area contributed by atoms with Crippen LogP contribution in [0.15, 0.2) is 18.2 Å². The number of hydrogen-bond donors (Lipinski definition) is 2. The van der Waals surface area contributed by atoms with Crippen LogP contribution in [0.1, 0.15) is 35.4 Å². The Morgan fingerprint density at radius 1 is 1.35 bits per heavy atom. The number of carbonyl (C=O) groups is 2. The van der Waals surface area contributed by atoms with E-state index >= 15 is 0 Å². The number of hydrogen-bond acceptors (Lipinski definition) is 3. The van der Waals surface area contributed by atoms with Crippen molar-refractivity contribution in [3.8, 4) is 0 Å². The van der Waals surface area contributed by atoms with Gasteiger partial charge in [-0.1, -0.05) is 0 Å². The van der Waals surface area contributed by atoms with Gasteiger partial charge in [0.05, 0.1) is 16.6 Å². The highest BCUT2D eigenvalue weighted by molar-refractivity contribution is 5.92. The number of nitrogens with zero attached hydrogens (tertiary/aromatic N) is 2. The molecule has 0 saturated carbocycles. The van der Waals surface area contributed by atoms with Crippen molar-refractivity contribution in [1.82, 2.24) is 9.55 Å². The summed E-state index contributed by atoms with van der Waals surface area (Å²) in [5.74, 6) is -0.412. The molecule has 6 heteroatoms. The Labute approximate surface area is 116 Å². The largest absolute Gasteiger partial charge is 0.478 e. The van der Waals surface area contributed by atoms with Crippen LogP contribution < -0.4 is 5.73 Å². The maximum Gasteiger partial charge on any atom is 0.335 e. The summed E-state index contributed by atoms with van der Waals surface area (Å²) in [6.45, 7) is 2.62. The molecule has 1 amide bonds. The zero-order valence-corrected chi connectivity index (χ0v) is 11.3. The smallest absolute Gasteiger partial charge is 0.335 e. The molecule has 0 spiro atoms. The van der Waals surface area contributed by atoms with Gasteiger partial charge in [-0.05, 0) is 38.0 Å². The second-order valence-electron chi connectivity index (χ2n) is 4.74. The van der Waals surface area contributed by atoms with Crippen LogP contribution >= 0.6 is 0 Å². The fraction of sp³-hybridized carbons (Fsp3) is 0.357. The van der Waals surface area contributed by atoms with E-state index in [1.807, 2.05) is 11.5 Å². The van der Waals surface area contributed by atoms with E-state index in [1.165, 1.54) is 0 Å². The summed E-state index contributed by atoms with van der Waals surface area (Å²) in [5.41, 5.74) is 6.92. The Bertz CT molecular complexity index is 661. The molecule has 1 aromatic heterocycles. The van der Waals surface area contributed by atoms with Gasteiger partial charge in [-0.25, -0.2) is 9.78 Å². The molecule has 6 nitrogen and oxygen atoms in total. The molecule has 0 aliphatic carbocycles. The number of primary amides is 1. The molecule has 0 fully saturated rings. The van der Waals surface area contributed by atoms with Crippen molar-refractivity contribution < 1.29 is 14.7 Å². The number of fused-ring (bicyclic) bond motifs is 1. The second kappa shape index (κ2) is 5.73. The molecule has 0 saturated heterocycles. The first-order chi connectivity index (χ1) is 9.49. The molecule has 1 aromatic carbocycles. The predicted molar refractivity (Wildman–Crippen MR) is 74.5 cm³/mol. The van der Waals surface area contributed by atoms with Crippen molar-refractivity contribution in [2.24, 2.45) is 5.73 Å². The molecule has 0 radical (unpaired) electrons.